The summed E-state index contributed by atoms with van der Waals surface area (Å²) in [7, 11) is 0. The van der Waals surface area contributed by atoms with Crippen molar-refractivity contribution in [2.45, 2.75) is 18.9 Å². The van der Waals surface area contributed by atoms with E-state index in [4.69, 9.17) is 11.6 Å². The van der Waals surface area contributed by atoms with Crippen LogP contribution in [-0.4, -0.2) is 41.1 Å². The van der Waals surface area contributed by atoms with Crippen molar-refractivity contribution in [1.29, 1.82) is 0 Å². The standard InChI is InChI=1S/C18H21ClN4S/c19-15-5-2-1-4-14(15)16-6-3-7-23(16)18-12-17(20-13-21-18)22-8-10-24-11-9-22/h1-2,4-5,12-13,16H,3,6-11H2. The number of benzene rings is 1. The van der Waals surface area contributed by atoms with Gasteiger partial charge in [-0.1, -0.05) is 29.8 Å². The normalized spacial score (nSPS) is 21.3. The first-order valence-corrected chi connectivity index (χ1v) is 10.0. The molecule has 2 fully saturated rings. The van der Waals surface area contributed by atoms with Crippen LogP contribution in [0.25, 0.3) is 0 Å². The van der Waals surface area contributed by atoms with Gasteiger partial charge in [0.15, 0.2) is 0 Å². The number of hydrogen-bond acceptors (Lipinski definition) is 5. The highest BCUT2D eigenvalue weighted by atomic mass is 35.5. The monoisotopic (exact) mass is 360 g/mol. The van der Waals surface area contributed by atoms with Crippen molar-refractivity contribution in [3.8, 4) is 0 Å². The lowest BCUT2D eigenvalue weighted by molar-refractivity contribution is 0.709. The fourth-order valence-corrected chi connectivity index (χ4v) is 4.73. The number of anilines is 2. The van der Waals surface area contributed by atoms with Gasteiger partial charge in [0.05, 0.1) is 6.04 Å². The Hall–Kier alpha value is -1.46. The molecule has 1 atom stereocenters. The van der Waals surface area contributed by atoms with Gasteiger partial charge >= 0.3 is 0 Å². The molecule has 0 N–H and O–H groups in total. The van der Waals surface area contributed by atoms with Gasteiger partial charge in [0.1, 0.15) is 18.0 Å². The number of thioether (sulfide) groups is 1. The van der Waals surface area contributed by atoms with E-state index in [1.807, 2.05) is 23.9 Å². The summed E-state index contributed by atoms with van der Waals surface area (Å²) in [5.41, 5.74) is 1.20. The van der Waals surface area contributed by atoms with Crippen molar-refractivity contribution < 1.29 is 0 Å². The molecular formula is C18H21ClN4S. The summed E-state index contributed by atoms with van der Waals surface area (Å²) >= 11 is 8.45. The predicted octanol–water partition coefficient (Wildman–Crippen LogP) is 4.02. The van der Waals surface area contributed by atoms with Crippen LogP contribution in [0.15, 0.2) is 36.7 Å². The van der Waals surface area contributed by atoms with Gasteiger partial charge in [-0.2, -0.15) is 11.8 Å². The zero-order chi connectivity index (χ0) is 16.4. The van der Waals surface area contributed by atoms with Gasteiger partial charge in [-0.3, -0.25) is 0 Å². The summed E-state index contributed by atoms with van der Waals surface area (Å²) in [5.74, 6) is 4.40. The van der Waals surface area contributed by atoms with Gasteiger partial charge in [-0.25, -0.2) is 9.97 Å². The van der Waals surface area contributed by atoms with Crippen molar-refractivity contribution in [2.75, 3.05) is 40.9 Å². The van der Waals surface area contributed by atoms with E-state index in [2.05, 4.69) is 38.0 Å². The summed E-state index contributed by atoms with van der Waals surface area (Å²) in [6, 6.07) is 10.6. The molecule has 4 rings (SSSR count). The second-order valence-electron chi connectivity index (χ2n) is 6.21. The first-order chi connectivity index (χ1) is 11.8. The first-order valence-electron chi connectivity index (χ1n) is 8.49. The summed E-state index contributed by atoms with van der Waals surface area (Å²) in [6.07, 6.45) is 3.98. The lowest BCUT2D eigenvalue weighted by atomic mass is 10.0. The molecule has 0 aliphatic carbocycles. The van der Waals surface area contributed by atoms with E-state index in [0.29, 0.717) is 6.04 Å². The largest absolute Gasteiger partial charge is 0.355 e. The zero-order valence-corrected chi connectivity index (χ0v) is 15.1. The average molecular weight is 361 g/mol. The Morgan fingerprint density at radius 3 is 2.67 bits per heavy atom. The van der Waals surface area contributed by atoms with E-state index in [1.165, 1.54) is 17.1 Å². The molecule has 1 aromatic heterocycles. The van der Waals surface area contributed by atoms with Crippen molar-refractivity contribution in [3.05, 3.63) is 47.2 Å². The molecule has 2 aliphatic heterocycles. The average Bonchev–Trinajstić information content (AvgIpc) is 3.12. The second kappa shape index (κ2) is 7.19. The SMILES string of the molecule is Clc1ccccc1C1CCCN1c1cc(N2CCSCC2)ncn1. The highest BCUT2D eigenvalue weighted by Gasteiger charge is 2.29. The number of nitrogens with zero attached hydrogens (tertiary/aromatic N) is 4. The Morgan fingerprint density at radius 2 is 1.83 bits per heavy atom. The molecule has 0 amide bonds. The van der Waals surface area contributed by atoms with E-state index in [9.17, 15) is 0 Å². The minimum absolute atomic E-state index is 0.304. The van der Waals surface area contributed by atoms with Gasteiger partial charge in [0.2, 0.25) is 0 Å². The smallest absolute Gasteiger partial charge is 0.134 e. The van der Waals surface area contributed by atoms with Crippen LogP contribution in [0.4, 0.5) is 11.6 Å². The maximum absolute atomic E-state index is 6.44. The summed E-state index contributed by atoms with van der Waals surface area (Å²) < 4.78 is 0. The lowest BCUT2D eigenvalue weighted by Crippen LogP contribution is -2.33. The molecule has 4 nitrogen and oxygen atoms in total. The highest BCUT2D eigenvalue weighted by Crippen LogP contribution is 2.38. The fourth-order valence-electron chi connectivity index (χ4n) is 3.57. The topological polar surface area (TPSA) is 32.3 Å². The third kappa shape index (κ3) is 3.20. The van der Waals surface area contributed by atoms with Crippen molar-refractivity contribution in [2.24, 2.45) is 0 Å². The highest BCUT2D eigenvalue weighted by molar-refractivity contribution is 7.99. The minimum Gasteiger partial charge on any atom is -0.355 e. The number of aromatic nitrogens is 2. The molecule has 24 heavy (non-hydrogen) atoms. The van der Waals surface area contributed by atoms with Crippen LogP contribution in [0.1, 0.15) is 24.4 Å². The summed E-state index contributed by atoms with van der Waals surface area (Å²) in [6.45, 7) is 3.15. The van der Waals surface area contributed by atoms with Crippen molar-refractivity contribution in [1.82, 2.24) is 9.97 Å². The van der Waals surface area contributed by atoms with Gasteiger partial charge in [0, 0.05) is 42.2 Å². The first kappa shape index (κ1) is 16.0. The van der Waals surface area contributed by atoms with E-state index < -0.39 is 0 Å². The Kier molecular flexibility index (Phi) is 4.81. The van der Waals surface area contributed by atoms with Crippen LogP contribution < -0.4 is 9.80 Å². The molecule has 0 spiro atoms. The van der Waals surface area contributed by atoms with Gasteiger partial charge in [0.25, 0.3) is 0 Å². The lowest BCUT2D eigenvalue weighted by Gasteiger charge is -2.30. The van der Waals surface area contributed by atoms with Gasteiger partial charge < -0.3 is 9.80 Å². The number of rotatable bonds is 3. The predicted molar refractivity (Wildman–Crippen MR) is 102 cm³/mol. The van der Waals surface area contributed by atoms with E-state index in [0.717, 1.165) is 49.1 Å². The Morgan fingerprint density at radius 1 is 1.04 bits per heavy atom. The number of halogens is 1. The van der Waals surface area contributed by atoms with E-state index in [1.54, 1.807) is 6.33 Å². The summed E-state index contributed by atoms with van der Waals surface area (Å²) in [5, 5.41) is 0.844. The van der Waals surface area contributed by atoms with Crippen molar-refractivity contribution in [3.63, 3.8) is 0 Å². The maximum atomic E-state index is 6.44. The molecule has 2 aromatic rings. The van der Waals surface area contributed by atoms with Gasteiger partial charge in [-0.05, 0) is 24.5 Å². The van der Waals surface area contributed by atoms with Crippen molar-refractivity contribution >= 4 is 35.0 Å². The molecule has 6 heteroatoms. The fraction of sp³-hybridized carbons (Fsp3) is 0.444. The molecule has 2 aliphatic rings. The third-order valence-electron chi connectivity index (χ3n) is 4.78. The van der Waals surface area contributed by atoms with Gasteiger partial charge in [-0.15, -0.1) is 0 Å². The third-order valence-corrected chi connectivity index (χ3v) is 6.07. The van der Waals surface area contributed by atoms with Crippen LogP contribution in [0, 0.1) is 0 Å². The number of hydrogen-bond donors (Lipinski definition) is 0. The quantitative estimate of drug-likeness (QED) is 0.825. The molecule has 0 radical (unpaired) electrons. The van der Waals surface area contributed by atoms with E-state index >= 15 is 0 Å². The minimum atomic E-state index is 0.304. The molecule has 1 unspecified atom stereocenters. The second-order valence-corrected chi connectivity index (χ2v) is 7.84. The molecule has 126 valence electrons. The van der Waals surface area contributed by atoms with Crippen LogP contribution in [0.5, 0.6) is 0 Å². The summed E-state index contributed by atoms with van der Waals surface area (Å²) in [4.78, 5) is 13.8. The van der Waals surface area contributed by atoms with Crippen LogP contribution in [0.3, 0.4) is 0 Å². The Balaban J connectivity index is 1.61. The van der Waals surface area contributed by atoms with Crippen LogP contribution in [-0.2, 0) is 0 Å². The molecule has 0 saturated carbocycles. The van der Waals surface area contributed by atoms with Crippen LogP contribution >= 0.6 is 23.4 Å². The molecule has 2 saturated heterocycles. The molecular weight excluding hydrogens is 340 g/mol. The zero-order valence-electron chi connectivity index (χ0n) is 13.6. The molecule has 3 heterocycles. The Labute approximate surface area is 152 Å². The maximum Gasteiger partial charge on any atom is 0.134 e. The molecule has 0 bridgehead atoms. The Bertz CT molecular complexity index is 705. The van der Waals surface area contributed by atoms with Crippen LogP contribution in [0.2, 0.25) is 5.02 Å². The molecule has 1 aromatic carbocycles. The van der Waals surface area contributed by atoms with E-state index in [-0.39, 0.29) is 0 Å².